The number of hydrogen-bond acceptors (Lipinski definition) is 4. The molecule has 1 N–H and O–H groups in total. The third-order valence-electron chi connectivity index (χ3n) is 2.69. The first-order chi connectivity index (χ1) is 8.66. The minimum atomic E-state index is -0.217. The maximum absolute atomic E-state index is 11.9. The van der Waals surface area contributed by atoms with Crippen molar-refractivity contribution in [2.45, 2.75) is 26.4 Å². The third kappa shape index (κ3) is 2.97. The predicted molar refractivity (Wildman–Crippen MR) is 64.8 cm³/mol. The topological polar surface area (TPSA) is 73.0 Å². The summed E-state index contributed by atoms with van der Waals surface area (Å²) in [6.45, 7) is 4.62. The Kier molecular flexibility index (Phi) is 3.76. The largest absolute Gasteiger partial charge is 0.459 e. The average molecular weight is 248 g/mol. The lowest BCUT2D eigenvalue weighted by atomic mass is 10.0. The summed E-state index contributed by atoms with van der Waals surface area (Å²) in [6, 6.07) is 3.28. The molecule has 1 unspecified atom stereocenters. The summed E-state index contributed by atoms with van der Waals surface area (Å²) in [6.07, 6.45) is 4.71. The van der Waals surface area contributed by atoms with E-state index in [0.717, 1.165) is 0 Å². The predicted octanol–water partition coefficient (Wildman–Crippen LogP) is 1.33. The van der Waals surface area contributed by atoms with Gasteiger partial charge in [-0.05, 0) is 18.1 Å². The first-order valence-corrected chi connectivity index (χ1v) is 5.85. The number of amides is 1. The SMILES string of the molecule is CC(C)C(Cn1nccn1)NC(=O)c1ccco1. The van der Waals surface area contributed by atoms with Gasteiger partial charge in [-0.1, -0.05) is 13.8 Å². The maximum Gasteiger partial charge on any atom is 0.287 e. The molecule has 0 saturated heterocycles. The van der Waals surface area contributed by atoms with Crippen molar-refractivity contribution >= 4 is 5.91 Å². The summed E-state index contributed by atoms with van der Waals surface area (Å²) >= 11 is 0. The zero-order chi connectivity index (χ0) is 13.0. The second-order valence-electron chi connectivity index (χ2n) is 4.39. The van der Waals surface area contributed by atoms with Crippen molar-refractivity contribution < 1.29 is 9.21 Å². The van der Waals surface area contributed by atoms with E-state index in [2.05, 4.69) is 15.5 Å². The van der Waals surface area contributed by atoms with Crippen LogP contribution in [0.4, 0.5) is 0 Å². The summed E-state index contributed by atoms with van der Waals surface area (Å²) in [5.41, 5.74) is 0. The highest BCUT2D eigenvalue weighted by atomic mass is 16.3. The highest BCUT2D eigenvalue weighted by Gasteiger charge is 2.19. The van der Waals surface area contributed by atoms with Crippen molar-refractivity contribution in [2.24, 2.45) is 5.92 Å². The maximum atomic E-state index is 11.9. The van der Waals surface area contributed by atoms with Crippen LogP contribution in [0.15, 0.2) is 35.2 Å². The van der Waals surface area contributed by atoms with Crippen LogP contribution in [0.25, 0.3) is 0 Å². The summed E-state index contributed by atoms with van der Waals surface area (Å²) in [7, 11) is 0. The fraction of sp³-hybridized carbons (Fsp3) is 0.417. The Labute approximate surface area is 105 Å². The molecule has 2 rings (SSSR count). The van der Waals surface area contributed by atoms with E-state index in [1.807, 2.05) is 13.8 Å². The number of carbonyl (C=O) groups excluding carboxylic acids is 1. The Bertz CT molecular complexity index is 476. The zero-order valence-corrected chi connectivity index (χ0v) is 10.4. The Hall–Kier alpha value is -2.11. The van der Waals surface area contributed by atoms with Crippen LogP contribution in [-0.4, -0.2) is 26.9 Å². The van der Waals surface area contributed by atoms with E-state index in [-0.39, 0.29) is 17.9 Å². The second kappa shape index (κ2) is 5.48. The van der Waals surface area contributed by atoms with E-state index >= 15 is 0 Å². The average Bonchev–Trinajstić information content (AvgIpc) is 3.00. The van der Waals surface area contributed by atoms with Gasteiger partial charge in [-0.25, -0.2) is 0 Å². The van der Waals surface area contributed by atoms with Crippen molar-refractivity contribution in [1.82, 2.24) is 20.3 Å². The van der Waals surface area contributed by atoms with Crippen LogP contribution in [0, 0.1) is 5.92 Å². The van der Waals surface area contributed by atoms with E-state index in [4.69, 9.17) is 4.42 Å². The molecule has 0 radical (unpaired) electrons. The van der Waals surface area contributed by atoms with E-state index in [9.17, 15) is 4.79 Å². The van der Waals surface area contributed by atoms with Crippen molar-refractivity contribution in [3.8, 4) is 0 Å². The van der Waals surface area contributed by atoms with Crippen LogP contribution in [-0.2, 0) is 6.54 Å². The van der Waals surface area contributed by atoms with Gasteiger partial charge in [-0.3, -0.25) is 4.79 Å². The van der Waals surface area contributed by atoms with Gasteiger partial charge in [0, 0.05) is 0 Å². The van der Waals surface area contributed by atoms with E-state index in [1.165, 1.54) is 6.26 Å². The first kappa shape index (κ1) is 12.3. The highest BCUT2D eigenvalue weighted by molar-refractivity contribution is 5.91. The van der Waals surface area contributed by atoms with Crippen molar-refractivity contribution in [3.63, 3.8) is 0 Å². The first-order valence-electron chi connectivity index (χ1n) is 5.85. The number of carbonyl (C=O) groups is 1. The molecule has 0 fully saturated rings. The number of nitrogens with zero attached hydrogens (tertiary/aromatic N) is 3. The summed E-state index contributed by atoms with van der Waals surface area (Å²) in [5, 5.41) is 11.0. The Morgan fingerprint density at radius 2 is 2.17 bits per heavy atom. The quantitative estimate of drug-likeness (QED) is 0.866. The Balaban J connectivity index is 2.00. The van der Waals surface area contributed by atoms with Crippen LogP contribution in [0.2, 0.25) is 0 Å². The fourth-order valence-corrected chi connectivity index (χ4v) is 1.58. The molecule has 0 aliphatic rings. The highest BCUT2D eigenvalue weighted by Crippen LogP contribution is 2.06. The van der Waals surface area contributed by atoms with E-state index in [1.54, 1.807) is 29.3 Å². The van der Waals surface area contributed by atoms with Gasteiger partial charge in [-0.2, -0.15) is 15.0 Å². The Morgan fingerprint density at radius 1 is 1.44 bits per heavy atom. The summed E-state index contributed by atoms with van der Waals surface area (Å²) in [5.74, 6) is 0.370. The fourth-order valence-electron chi connectivity index (χ4n) is 1.58. The molecule has 6 heteroatoms. The van der Waals surface area contributed by atoms with Crippen LogP contribution in [0.1, 0.15) is 24.4 Å². The molecule has 6 nitrogen and oxygen atoms in total. The smallest absolute Gasteiger partial charge is 0.287 e. The third-order valence-corrected chi connectivity index (χ3v) is 2.69. The lowest BCUT2D eigenvalue weighted by Gasteiger charge is -2.21. The molecule has 0 aliphatic heterocycles. The molecule has 2 heterocycles. The van der Waals surface area contributed by atoms with E-state index in [0.29, 0.717) is 12.3 Å². The number of rotatable bonds is 5. The normalized spacial score (nSPS) is 12.6. The summed E-state index contributed by atoms with van der Waals surface area (Å²) < 4.78 is 5.06. The molecule has 2 aromatic heterocycles. The molecular formula is C12H16N4O2. The van der Waals surface area contributed by atoms with Crippen LogP contribution < -0.4 is 5.32 Å². The summed E-state index contributed by atoms with van der Waals surface area (Å²) in [4.78, 5) is 13.5. The minimum absolute atomic E-state index is 0.0463. The molecule has 0 bridgehead atoms. The van der Waals surface area contributed by atoms with Crippen LogP contribution >= 0.6 is 0 Å². The minimum Gasteiger partial charge on any atom is -0.459 e. The monoisotopic (exact) mass is 248 g/mol. The molecule has 0 saturated carbocycles. The lowest BCUT2D eigenvalue weighted by Crippen LogP contribution is -2.41. The van der Waals surface area contributed by atoms with Gasteiger partial charge < -0.3 is 9.73 Å². The Morgan fingerprint density at radius 3 is 2.72 bits per heavy atom. The van der Waals surface area contributed by atoms with Gasteiger partial charge in [0.1, 0.15) is 0 Å². The zero-order valence-electron chi connectivity index (χ0n) is 10.4. The van der Waals surface area contributed by atoms with E-state index < -0.39 is 0 Å². The number of hydrogen-bond donors (Lipinski definition) is 1. The molecule has 96 valence electrons. The number of nitrogens with one attached hydrogen (secondary N) is 1. The lowest BCUT2D eigenvalue weighted by molar-refractivity contribution is 0.0889. The van der Waals surface area contributed by atoms with Gasteiger partial charge in [0.2, 0.25) is 0 Å². The van der Waals surface area contributed by atoms with Gasteiger partial charge in [-0.15, -0.1) is 0 Å². The second-order valence-corrected chi connectivity index (χ2v) is 4.39. The molecule has 0 aliphatic carbocycles. The van der Waals surface area contributed by atoms with Gasteiger partial charge in [0.05, 0.1) is 31.2 Å². The molecule has 1 atom stereocenters. The number of furan rings is 1. The van der Waals surface area contributed by atoms with Gasteiger partial charge in [0.25, 0.3) is 5.91 Å². The van der Waals surface area contributed by atoms with Crippen molar-refractivity contribution in [2.75, 3.05) is 0 Å². The molecular weight excluding hydrogens is 232 g/mol. The van der Waals surface area contributed by atoms with Gasteiger partial charge in [0.15, 0.2) is 5.76 Å². The van der Waals surface area contributed by atoms with Crippen LogP contribution in [0.5, 0.6) is 0 Å². The van der Waals surface area contributed by atoms with Crippen LogP contribution in [0.3, 0.4) is 0 Å². The standard InChI is InChI=1S/C12H16N4O2/c1-9(2)10(8-16-13-5-6-14-16)15-12(17)11-4-3-7-18-11/h3-7,9-10H,8H2,1-2H3,(H,15,17). The molecule has 0 spiro atoms. The van der Waals surface area contributed by atoms with Crippen molar-refractivity contribution in [1.29, 1.82) is 0 Å². The molecule has 2 aromatic rings. The van der Waals surface area contributed by atoms with Gasteiger partial charge >= 0.3 is 0 Å². The molecule has 1 amide bonds. The van der Waals surface area contributed by atoms with Crippen molar-refractivity contribution in [3.05, 3.63) is 36.5 Å². The molecule has 0 aromatic carbocycles. The number of aromatic nitrogens is 3. The molecule has 18 heavy (non-hydrogen) atoms.